The summed E-state index contributed by atoms with van der Waals surface area (Å²) in [6, 6.07) is 10.6. The van der Waals surface area contributed by atoms with Crippen LogP contribution in [0.1, 0.15) is 32.1 Å². The smallest absolute Gasteiger partial charge is 0.0741 e. The SMILES string of the molecule is C=C[C@H]1[C@@H](CSc2ccccc2)C[C@H]2CCCC[C@@]21O. The Morgan fingerprint density at radius 3 is 2.85 bits per heavy atom. The van der Waals surface area contributed by atoms with Gasteiger partial charge in [0.1, 0.15) is 0 Å². The average Bonchev–Trinajstić information content (AvgIpc) is 2.77. The van der Waals surface area contributed by atoms with Crippen molar-refractivity contribution in [2.45, 2.75) is 42.6 Å². The molecule has 1 aromatic rings. The Hall–Kier alpha value is -0.730. The maximum Gasteiger partial charge on any atom is 0.0741 e. The molecule has 0 spiro atoms. The summed E-state index contributed by atoms with van der Waals surface area (Å²) >= 11 is 1.92. The third kappa shape index (κ3) is 2.56. The molecule has 1 nitrogen and oxygen atoms in total. The lowest BCUT2D eigenvalue weighted by molar-refractivity contribution is -0.0520. The second-order valence-corrected chi connectivity index (χ2v) is 7.41. The summed E-state index contributed by atoms with van der Waals surface area (Å²) in [6.07, 6.45) is 7.84. The van der Waals surface area contributed by atoms with Gasteiger partial charge in [0.05, 0.1) is 5.60 Å². The van der Waals surface area contributed by atoms with Crippen LogP contribution in [-0.4, -0.2) is 16.5 Å². The monoisotopic (exact) mass is 288 g/mol. The molecule has 2 fully saturated rings. The fraction of sp³-hybridized carbons (Fsp3) is 0.556. The van der Waals surface area contributed by atoms with Crippen molar-refractivity contribution < 1.29 is 5.11 Å². The first kappa shape index (κ1) is 14.2. The molecule has 1 N–H and O–H groups in total. The Labute approximate surface area is 126 Å². The van der Waals surface area contributed by atoms with Crippen LogP contribution in [0.25, 0.3) is 0 Å². The maximum absolute atomic E-state index is 11.1. The molecule has 3 rings (SSSR count). The summed E-state index contributed by atoms with van der Waals surface area (Å²) in [7, 11) is 0. The van der Waals surface area contributed by atoms with Crippen LogP contribution < -0.4 is 0 Å². The summed E-state index contributed by atoms with van der Waals surface area (Å²) in [5.41, 5.74) is -0.456. The molecule has 2 aliphatic rings. The lowest BCUT2D eigenvalue weighted by Crippen LogP contribution is -2.42. The zero-order valence-electron chi connectivity index (χ0n) is 12.0. The Bertz CT molecular complexity index is 458. The molecule has 2 heteroatoms. The van der Waals surface area contributed by atoms with Gasteiger partial charge in [0.2, 0.25) is 0 Å². The van der Waals surface area contributed by atoms with E-state index in [0.717, 1.165) is 12.2 Å². The molecular formula is C18H24OS. The number of thioether (sulfide) groups is 1. The van der Waals surface area contributed by atoms with Crippen molar-refractivity contribution in [2.75, 3.05) is 5.75 Å². The van der Waals surface area contributed by atoms with E-state index in [9.17, 15) is 5.11 Å². The summed E-state index contributed by atoms with van der Waals surface area (Å²) in [5.74, 6) is 2.45. The molecule has 0 heterocycles. The largest absolute Gasteiger partial charge is 0.389 e. The third-order valence-electron chi connectivity index (χ3n) is 5.22. The van der Waals surface area contributed by atoms with Gasteiger partial charge in [0.15, 0.2) is 0 Å². The van der Waals surface area contributed by atoms with Crippen molar-refractivity contribution in [3.63, 3.8) is 0 Å². The number of fused-ring (bicyclic) bond motifs is 1. The zero-order chi connectivity index (χ0) is 14.0. The van der Waals surface area contributed by atoms with E-state index < -0.39 is 5.60 Å². The van der Waals surface area contributed by atoms with Gasteiger partial charge in [0.25, 0.3) is 0 Å². The summed E-state index contributed by atoms with van der Waals surface area (Å²) in [4.78, 5) is 1.33. The van der Waals surface area contributed by atoms with Gasteiger partial charge in [-0.05, 0) is 43.2 Å². The molecule has 20 heavy (non-hydrogen) atoms. The number of hydrogen-bond acceptors (Lipinski definition) is 2. The highest BCUT2D eigenvalue weighted by molar-refractivity contribution is 7.99. The van der Waals surface area contributed by atoms with E-state index in [-0.39, 0.29) is 5.92 Å². The van der Waals surface area contributed by atoms with Gasteiger partial charge in [0, 0.05) is 16.6 Å². The average molecular weight is 288 g/mol. The molecule has 0 aliphatic heterocycles. The van der Waals surface area contributed by atoms with E-state index >= 15 is 0 Å². The zero-order valence-corrected chi connectivity index (χ0v) is 12.8. The molecule has 0 unspecified atom stereocenters. The molecule has 2 aliphatic carbocycles. The molecular weight excluding hydrogens is 264 g/mol. The van der Waals surface area contributed by atoms with Gasteiger partial charge in [-0.15, -0.1) is 18.3 Å². The van der Waals surface area contributed by atoms with Crippen molar-refractivity contribution in [3.8, 4) is 0 Å². The van der Waals surface area contributed by atoms with Gasteiger partial charge < -0.3 is 5.11 Å². The molecule has 108 valence electrons. The first-order valence-corrected chi connectivity index (χ1v) is 8.75. The van der Waals surface area contributed by atoms with Crippen LogP contribution in [0.2, 0.25) is 0 Å². The van der Waals surface area contributed by atoms with Crippen LogP contribution in [0.15, 0.2) is 47.9 Å². The van der Waals surface area contributed by atoms with Crippen LogP contribution in [-0.2, 0) is 0 Å². The van der Waals surface area contributed by atoms with Crippen LogP contribution in [0, 0.1) is 17.8 Å². The Morgan fingerprint density at radius 1 is 1.30 bits per heavy atom. The Kier molecular flexibility index (Phi) is 4.23. The predicted molar refractivity (Wildman–Crippen MR) is 85.9 cm³/mol. The molecule has 4 atom stereocenters. The van der Waals surface area contributed by atoms with Gasteiger partial charge >= 0.3 is 0 Å². The van der Waals surface area contributed by atoms with E-state index in [1.54, 1.807) is 0 Å². The second kappa shape index (κ2) is 5.95. The quantitative estimate of drug-likeness (QED) is 0.649. The summed E-state index contributed by atoms with van der Waals surface area (Å²) < 4.78 is 0. The summed E-state index contributed by atoms with van der Waals surface area (Å²) in [6.45, 7) is 4.01. The van der Waals surface area contributed by atoms with E-state index in [4.69, 9.17) is 0 Å². The predicted octanol–water partition coefficient (Wildman–Crippen LogP) is 4.52. The number of benzene rings is 1. The topological polar surface area (TPSA) is 20.2 Å². The normalized spacial score (nSPS) is 36.5. The van der Waals surface area contributed by atoms with Crippen LogP contribution in [0.3, 0.4) is 0 Å². The Balaban J connectivity index is 1.69. The minimum atomic E-state index is -0.456. The van der Waals surface area contributed by atoms with E-state index in [1.165, 1.54) is 30.6 Å². The molecule has 0 aromatic heterocycles. The van der Waals surface area contributed by atoms with Crippen LogP contribution in [0.5, 0.6) is 0 Å². The van der Waals surface area contributed by atoms with Gasteiger partial charge in [-0.25, -0.2) is 0 Å². The molecule has 1 aromatic carbocycles. The maximum atomic E-state index is 11.1. The molecule has 0 amide bonds. The van der Waals surface area contributed by atoms with Crippen molar-refractivity contribution in [1.82, 2.24) is 0 Å². The number of rotatable bonds is 4. The fourth-order valence-electron chi connectivity index (χ4n) is 4.22. The Morgan fingerprint density at radius 2 is 2.10 bits per heavy atom. The lowest BCUT2D eigenvalue weighted by Gasteiger charge is -2.38. The minimum absolute atomic E-state index is 0.281. The van der Waals surface area contributed by atoms with E-state index in [1.807, 2.05) is 17.8 Å². The highest BCUT2D eigenvalue weighted by Gasteiger charge is 2.52. The van der Waals surface area contributed by atoms with Gasteiger partial charge in [-0.3, -0.25) is 0 Å². The first-order chi connectivity index (χ1) is 9.74. The van der Waals surface area contributed by atoms with Crippen molar-refractivity contribution >= 4 is 11.8 Å². The van der Waals surface area contributed by atoms with Gasteiger partial charge in [-0.1, -0.05) is 37.1 Å². The first-order valence-electron chi connectivity index (χ1n) is 7.77. The lowest BCUT2D eigenvalue weighted by atomic mass is 9.73. The summed E-state index contributed by atoms with van der Waals surface area (Å²) in [5, 5.41) is 11.1. The van der Waals surface area contributed by atoms with E-state index in [0.29, 0.717) is 11.8 Å². The van der Waals surface area contributed by atoms with Crippen molar-refractivity contribution in [3.05, 3.63) is 43.0 Å². The standard InChI is InChI=1S/C18H24OS/c1-2-17-14(13-20-16-9-4-3-5-10-16)12-15-8-6-7-11-18(15,17)19/h2-5,9-10,14-15,17,19H,1,6-8,11-13H2/t14-,15-,17+,18-/m1/s1. The molecule has 0 radical (unpaired) electrons. The fourth-order valence-corrected chi connectivity index (χ4v) is 5.32. The van der Waals surface area contributed by atoms with E-state index in [2.05, 4.69) is 36.9 Å². The molecule has 0 saturated heterocycles. The highest BCUT2D eigenvalue weighted by atomic mass is 32.2. The van der Waals surface area contributed by atoms with Crippen LogP contribution >= 0.6 is 11.8 Å². The van der Waals surface area contributed by atoms with Crippen molar-refractivity contribution in [1.29, 1.82) is 0 Å². The second-order valence-electron chi connectivity index (χ2n) is 6.32. The minimum Gasteiger partial charge on any atom is -0.389 e. The van der Waals surface area contributed by atoms with Crippen LogP contribution in [0.4, 0.5) is 0 Å². The van der Waals surface area contributed by atoms with Crippen molar-refractivity contribution in [2.24, 2.45) is 17.8 Å². The number of hydrogen-bond donors (Lipinski definition) is 1. The molecule has 2 saturated carbocycles. The molecule has 0 bridgehead atoms. The highest BCUT2D eigenvalue weighted by Crippen LogP contribution is 2.53. The third-order valence-corrected chi connectivity index (χ3v) is 6.42. The van der Waals surface area contributed by atoms with Gasteiger partial charge in [-0.2, -0.15) is 0 Å². The number of aliphatic hydroxyl groups is 1.